The second-order valence-electron chi connectivity index (χ2n) is 4.29. The normalized spacial score (nSPS) is 10.5. The zero-order valence-corrected chi connectivity index (χ0v) is 12.8. The molecule has 0 spiro atoms. The molecule has 0 N–H and O–H groups in total. The first-order valence-electron chi connectivity index (χ1n) is 6.27. The van der Waals surface area contributed by atoms with Crippen LogP contribution in [0.1, 0.15) is 6.42 Å². The van der Waals surface area contributed by atoms with Crippen molar-refractivity contribution in [2.75, 3.05) is 6.61 Å². The summed E-state index contributed by atoms with van der Waals surface area (Å²) in [6.45, 7) is 0.648. The highest BCUT2D eigenvalue weighted by atomic mass is 35.5. The van der Waals surface area contributed by atoms with E-state index in [1.165, 1.54) is 35.1 Å². The number of nitro groups is 1. The molecule has 22 heavy (non-hydrogen) atoms. The average molecular weight is 344 g/mol. The molecule has 0 saturated carbocycles. The number of halogens is 2. The fraction of sp³-hybridized carbons (Fsp3) is 0.231. The molecule has 0 radical (unpaired) electrons. The fourth-order valence-electron chi connectivity index (χ4n) is 1.67. The summed E-state index contributed by atoms with van der Waals surface area (Å²) in [5, 5.41) is 14.4. The van der Waals surface area contributed by atoms with Crippen LogP contribution < -0.4 is 10.3 Å². The monoisotopic (exact) mass is 343 g/mol. The molecule has 0 amide bonds. The third-order valence-electron chi connectivity index (χ3n) is 2.77. The molecule has 0 bridgehead atoms. The van der Waals surface area contributed by atoms with Crippen LogP contribution in [0.2, 0.25) is 10.0 Å². The predicted octanol–water partition coefficient (Wildman–Crippen LogP) is 2.93. The molecule has 9 heteroatoms. The topological polar surface area (TPSA) is 87.3 Å². The summed E-state index contributed by atoms with van der Waals surface area (Å²) in [5.74, 6) is 0.514. The number of benzene rings is 1. The van der Waals surface area contributed by atoms with Gasteiger partial charge in [0.2, 0.25) is 0 Å². The second-order valence-corrected chi connectivity index (χ2v) is 5.07. The van der Waals surface area contributed by atoms with Crippen LogP contribution in [-0.4, -0.2) is 21.3 Å². The SMILES string of the molecule is O=c1c(Cl)c(Cl)cnn1CCCOc1ccc([N+](=O)[O-])cc1. The van der Waals surface area contributed by atoms with Crippen molar-refractivity contribution in [1.82, 2.24) is 9.78 Å². The molecule has 7 nitrogen and oxygen atoms in total. The van der Waals surface area contributed by atoms with E-state index in [4.69, 9.17) is 27.9 Å². The van der Waals surface area contributed by atoms with Crippen LogP contribution in [-0.2, 0) is 6.54 Å². The van der Waals surface area contributed by atoms with Crippen molar-refractivity contribution in [2.24, 2.45) is 0 Å². The Morgan fingerprint density at radius 2 is 1.95 bits per heavy atom. The van der Waals surface area contributed by atoms with Crippen molar-refractivity contribution in [1.29, 1.82) is 0 Å². The van der Waals surface area contributed by atoms with Gasteiger partial charge in [0, 0.05) is 25.1 Å². The van der Waals surface area contributed by atoms with E-state index in [0.29, 0.717) is 25.3 Å². The van der Waals surface area contributed by atoms with Gasteiger partial charge >= 0.3 is 0 Å². The van der Waals surface area contributed by atoms with Crippen LogP contribution in [0, 0.1) is 10.1 Å². The summed E-state index contributed by atoms with van der Waals surface area (Å²) < 4.78 is 6.63. The molecule has 116 valence electrons. The number of hydrogen-bond donors (Lipinski definition) is 0. The highest BCUT2D eigenvalue weighted by molar-refractivity contribution is 6.41. The van der Waals surface area contributed by atoms with Crippen molar-refractivity contribution in [3.05, 3.63) is 61.0 Å². The first-order chi connectivity index (χ1) is 10.5. The lowest BCUT2D eigenvalue weighted by Crippen LogP contribution is -2.24. The molecule has 0 fully saturated rings. The molecule has 0 unspecified atom stereocenters. The molecule has 0 saturated heterocycles. The van der Waals surface area contributed by atoms with Gasteiger partial charge in [-0.15, -0.1) is 0 Å². The minimum Gasteiger partial charge on any atom is -0.494 e. The highest BCUT2D eigenvalue weighted by Gasteiger charge is 2.07. The number of rotatable bonds is 6. The summed E-state index contributed by atoms with van der Waals surface area (Å²) >= 11 is 11.4. The highest BCUT2D eigenvalue weighted by Crippen LogP contribution is 2.17. The molecule has 2 aromatic rings. The van der Waals surface area contributed by atoms with E-state index < -0.39 is 10.5 Å². The number of non-ortho nitro benzene ring substituents is 1. The minimum atomic E-state index is -0.480. The smallest absolute Gasteiger partial charge is 0.287 e. The lowest BCUT2D eigenvalue weighted by atomic mass is 10.3. The van der Waals surface area contributed by atoms with E-state index in [1.54, 1.807) is 0 Å². The Morgan fingerprint density at radius 3 is 2.59 bits per heavy atom. The Kier molecular flexibility index (Phi) is 5.35. The van der Waals surface area contributed by atoms with Crippen LogP contribution in [0.4, 0.5) is 5.69 Å². The van der Waals surface area contributed by atoms with E-state index >= 15 is 0 Å². The fourth-order valence-corrected chi connectivity index (χ4v) is 1.94. The molecule has 0 aliphatic heterocycles. The Morgan fingerprint density at radius 1 is 1.27 bits per heavy atom. The van der Waals surface area contributed by atoms with E-state index in [0.717, 1.165) is 0 Å². The van der Waals surface area contributed by atoms with Crippen molar-refractivity contribution >= 4 is 28.9 Å². The first kappa shape index (κ1) is 16.3. The van der Waals surface area contributed by atoms with Crippen molar-refractivity contribution < 1.29 is 9.66 Å². The second kappa shape index (κ2) is 7.24. The third-order valence-corrected chi connectivity index (χ3v) is 3.52. The largest absolute Gasteiger partial charge is 0.494 e. The summed E-state index contributed by atoms with van der Waals surface area (Å²) in [6, 6.07) is 5.75. The number of ether oxygens (including phenoxy) is 1. The Labute approximate surface area is 135 Å². The minimum absolute atomic E-state index is 0.00101. The zero-order valence-electron chi connectivity index (χ0n) is 11.2. The van der Waals surface area contributed by atoms with E-state index in [9.17, 15) is 14.9 Å². The van der Waals surface area contributed by atoms with Gasteiger partial charge in [0.25, 0.3) is 11.2 Å². The van der Waals surface area contributed by atoms with Crippen molar-refractivity contribution in [2.45, 2.75) is 13.0 Å². The molecule has 2 rings (SSSR count). The van der Waals surface area contributed by atoms with E-state index in [-0.39, 0.29) is 15.7 Å². The van der Waals surface area contributed by atoms with Gasteiger partial charge in [0.15, 0.2) is 0 Å². The van der Waals surface area contributed by atoms with Gasteiger partial charge in [0.05, 0.1) is 22.7 Å². The molecule has 0 aliphatic rings. The van der Waals surface area contributed by atoms with Crippen molar-refractivity contribution in [3.8, 4) is 5.75 Å². The van der Waals surface area contributed by atoms with Gasteiger partial charge in [-0.2, -0.15) is 5.10 Å². The number of nitro benzene ring substituents is 1. The van der Waals surface area contributed by atoms with Crippen molar-refractivity contribution in [3.63, 3.8) is 0 Å². The Hall–Kier alpha value is -2.12. The summed E-state index contributed by atoms with van der Waals surface area (Å²) in [6.07, 6.45) is 1.82. The van der Waals surface area contributed by atoms with E-state index in [1.807, 2.05) is 0 Å². The maximum atomic E-state index is 11.7. The van der Waals surface area contributed by atoms with Gasteiger partial charge < -0.3 is 4.74 Å². The number of aryl methyl sites for hydroxylation is 1. The summed E-state index contributed by atoms with van der Waals surface area (Å²) in [7, 11) is 0. The number of hydrogen-bond acceptors (Lipinski definition) is 5. The van der Waals surface area contributed by atoms with Gasteiger partial charge in [-0.25, -0.2) is 4.68 Å². The maximum Gasteiger partial charge on any atom is 0.287 e. The molecule has 1 aromatic carbocycles. The quantitative estimate of drug-likeness (QED) is 0.457. The molecule has 1 aromatic heterocycles. The molecule has 1 heterocycles. The zero-order chi connectivity index (χ0) is 16.1. The molecular formula is C13H11Cl2N3O4. The number of aromatic nitrogens is 2. The van der Waals surface area contributed by atoms with E-state index in [2.05, 4.69) is 5.10 Å². The van der Waals surface area contributed by atoms with Gasteiger partial charge in [-0.1, -0.05) is 23.2 Å². The van der Waals surface area contributed by atoms with Gasteiger partial charge in [0.1, 0.15) is 10.8 Å². The Bertz CT molecular complexity index is 731. The van der Waals surface area contributed by atoms with Crippen LogP contribution in [0.15, 0.2) is 35.3 Å². The average Bonchev–Trinajstić information content (AvgIpc) is 2.51. The summed E-state index contributed by atoms with van der Waals surface area (Å²) in [4.78, 5) is 21.8. The first-order valence-corrected chi connectivity index (χ1v) is 7.03. The van der Waals surface area contributed by atoms with Crippen LogP contribution in [0.25, 0.3) is 0 Å². The molecular weight excluding hydrogens is 333 g/mol. The lowest BCUT2D eigenvalue weighted by molar-refractivity contribution is -0.384. The van der Waals surface area contributed by atoms with Gasteiger partial charge in [-0.3, -0.25) is 14.9 Å². The van der Waals surface area contributed by atoms with Crippen LogP contribution in [0.3, 0.4) is 0 Å². The van der Waals surface area contributed by atoms with Gasteiger partial charge in [-0.05, 0) is 12.1 Å². The third kappa shape index (κ3) is 3.96. The molecule has 0 atom stereocenters. The van der Waals surface area contributed by atoms with Crippen LogP contribution >= 0.6 is 23.2 Å². The van der Waals surface area contributed by atoms with Crippen LogP contribution in [0.5, 0.6) is 5.75 Å². The predicted molar refractivity (Wildman–Crippen MR) is 81.7 cm³/mol. The standard InChI is InChI=1S/C13H11Cl2N3O4/c14-11-8-16-17(13(19)12(11)15)6-1-7-22-10-4-2-9(3-5-10)18(20)21/h2-5,8H,1,6-7H2. The Balaban J connectivity index is 1.86. The maximum absolute atomic E-state index is 11.7. The lowest BCUT2D eigenvalue weighted by Gasteiger charge is -2.07. The molecule has 0 aliphatic carbocycles. The summed E-state index contributed by atoms with van der Waals surface area (Å²) in [5.41, 5.74) is -0.455. The number of nitrogens with zero attached hydrogens (tertiary/aromatic N) is 3.